The van der Waals surface area contributed by atoms with Crippen molar-refractivity contribution in [2.45, 2.75) is 0 Å². The molecule has 0 atom stereocenters. The molecule has 0 spiro atoms. The van der Waals surface area contributed by atoms with Crippen molar-refractivity contribution in [2.75, 3.05) is 0 Å². The Kier molecular flexibility index (Phi) is 47.0. The van der Waals surface area contributed by atoms with E-state index in [1.54, 1.807) is 0 Å². The summed E-state index contributed by atoms with van der Waals surface area (Å²) in [7, 11) is 0. The van der Waals surface area contributed by atoms with Gasteiger partial charge in [-0.2, -0.15) is 0 Å². The molecule has 0 unspecified atom stereocenters. The van der Waals surface area contributed by atoms with Crippen LogP contribution in [0.25, 0.3) is 0 Å². The standard InChI is InChI=1S/2BrH.Co.Cu/h2*1H;;/q;;2*+1/p-2. The molecule has 0 aromatic carbocycles. The molecule has 0 aromatic rings. The summed E-state index contributed by atoms with van der Waals surface area (Å²) in [5, 5.41) is 0. The molecule has 4 heavy (non-hydrogen) atoms. The Labute approximate surface area is 55.9 Å². The van der Waals surface area contributed by atoms with E-state index in [4.69, 9.17) is 0 Å². The molecule has 0 aliphatic heterocycles. The Morgan fingerprint density at radius 3 is 1.25 bits per heavy atom. The first-order valence-electron chi connectivity index (χ1n) is 0.240. The van der Waals surface area contributed by atoms with Crippen molar-refractivity contribution >= 4 is 28.3 Å². The zero-order chi connectivity index (χ0) is 4.00. The van der Waals surface area contributed by atoms with Crippen LogP contribution in [-0.2, 0) is 28.2 Å². The topological polar surface area (TPSA) is 0 Å². The fourth-order valence-electron chi connectivity index (χ4n) is 0. The quantitative estimate of drug-likeness (QED) is 0.593. The molecule has 0 nitrogen and oxygen atoms in total. The molecule has 0 fully saturated rings. The Balaban J connectivity index is 0. The fraction of sp³-hybridized carbons (Fsp3) is 0. The molecule has 0 aromatic heterocycles. The van der Waals surface area contributed by atoms with E-state index in [0.717, 1.165) is 0 Å². The first kappa shape index (κ1) is 9.37. The van der Waals surface area contributed by atoms with Gasteiger partial charge in [0.2, 0.25) is 0 Å². The molecule has 0 amide bonds. The van der Waals surface area contributed by atoms with Crippen LogP contribution in [-0.4, -0.2) is 0 Å². The van der Waals surface area contributed by atoms with Gasteiger partial charge in [0.15, 0.2) is 0 Å². The molecule has 0 saturated heterocycles. The van der Waals surface area contributed by atoms with Crippen LogP contribution >= 0.6 is 28.3 Å². The van der Waals surface area contributed by atoms with Crippen LogP contribution < -0.4 is 0 Å². The van der Waals surface area contributed by atoms with E-state index in [0.29, 0.717) is 0 Å². The Morgan fingerprint density at radius 1 is 1.25 bits per heavy atom. The van der Waals surface area contributed by atoms with Gasteiger partial charge in [-0.25, -0.2) is 0 Å². The van der Waals surface area contributed by atoms with E-state index in [1.165, 1.54) is 0 Å². The zero-order valence-electron chi connectivity index (χ0n) is 1.39. The number of hydrogen-bond donors (Lipinski definition) is 0. The van der Waals surface area contributed by atoms with E-state index in [1.807, 2.05) is 0 Å². The molecule has 0 aliphatic rings. The van der Waals surface area contributed by atoms with Gasteiger partial charge < -0.3 is 0 Å². The molecule has 0 saturated carbocycles. The van der Waals surface area contributed by atoms with Crippen LogP contribution in [0.5, 0.6) is 0 Å². The average Bonchev–Trinajstić information content (AvgIpc) is 1.50. The number of hydrogen-bond acceptors (Lipinski definition) is 0. The molecular weight excluding hydrogens is 282 g/mol. The molecule has 0 radical (unpaired) electrons. The second kappa shape index (κ2) is 20.1. The Hall–Kier alpha value is 1.99. The summed E-state index contributed by atoms with van der Waals surface area (Å²) in [5.41, 5.74) is 0. The number of halogens is 2. The van der Waals surface area contributed by atoms with Crippen molar-refractivity contribution in [3.63, 3.8) is 0 Å². The summed E-state index contributed by atoms with van der Waals surface area (Å²) in [4.78, 5) is 0. The van der Waals surface area contributed by atoms with Crippen LogP contribution in [0.3, 0.4) is 0 Å². The van der Waals surface area contributed by atoms with Gasteiger partial charge in [-0.1, -0.05) is 0 Å². The van der Waals surface area contributed by atoms with Crippen molar-refractivity contribution in [1.82, 2.24) is 0 Å². The van der Waals surface area contributed by atoms with Gasteiger partial charge in [-0.05, 0) is 0 Å². The molecule has 34 valence electrons. The second-order valence-electron chi connectivity index (χ2n) is 0. The summed E-state index contributed by atoms with van der Waals surface area (Å²) in [6.45, 7) is 0. The van der Waals surface area contributed by atoms with Crippen LogP contribution in [0.2, 0.25) is 0 Å². The van der Waals surface area contributed by atoms with Crippen molar-refractivity contribution in [3.05, 3.63) is 0 Å². The Morgan fingerprint density at radius 2 is 1.25 bits per heavy atom. The van der Waals surface area contributed by atoms with Gasteiger partial charge in [0.1, 0.15) is 0 Å². The summed E-state index contributed by atoms with van der Waals surface area (Å²) in [5.74, 6) is 0. The summed E-state index contributed by atoms with van der Waals surface area (Å²) >= 11 is 12.5. The van der Waals surface area contributed by atoms with Crippen molar-refractivity contribution in [3.8, 4) is 0 Å². The summed E-state index contributed by atoms with van der Waals surface area (Å²) < 4.78 is 0. The first-order chi connectivity index (χ1) is 2.00. The number of rotatable bonds is 0. The minimum atomic E-state index is 2.50. The van der Waals surface area contributed by atoms with Crippen LogP contribution in [0.15, 0.2) is 0 Å². The fourth-order valence-corrected chi connectivity index (χ4v) is 0. The molecule has 0 N–H and O–H groups in total. The van der Waals surface area contributed by atoms with Crippen molar-refractivity contribution in [2.24, 2.45) is 0 Å². The van der Waals surface area contributed by atoms with Gasteiger partial charge in [0.05, 0.1) is 0 Å². The van der Waals surface area contributed by atoms with Crippen LogP contribution in [0.4, 0.5) is 0 Å². The van der Waals surface area contributed by atoms with Gasteiger partial charge >= 0.3 is 56.4 Å². The predicted octanol–water partition coefficient (Wildman–Crippen LogP) is 1.69. The third-order valence-corrected chi connectivity index (χ3v) is 0. The van der Waals surface area contributed by atoms with E-state index < -0.39 is 0 Å². The van der Waals surface area contributed by atoms with Crippen molar-refractivity contribution < 1.29 is 28.2 Å². The normalized spacial score (nSPS) is 3.50. The van der Waals surface area contributed by atoms with Crippen LogP contribution in [0.1, 0.15) is 0 Å². The molecule has 0 bridgehead atoms. The molecule has 4 heteroatoms. The van der Waals surface area contributed by atoms with Crippen LogP contribution in [0, 0.1) is 0 Å². The van der Waals surface area contributed by atoms with Gasteiger partial charge in [0.25, 0.3) is 0 Å². The average molecular weight is 282 g/mol. The monoisotopic (exact) mass is 280 g/mol. The molecule has 0 aliphatic carbocycles. The van der Waals surface area contributed by atoms with Gasteiger partial charge in [-0.15, -0.1) is 0 Å². The van der Waals surface area contributed by atoms with E-state index >= 15 is 0 Å². The maximum absolute atomic E-state index is 4.00. The summed E-state index contributed by atoms with van der Waals surface area (Å²) in [6, 6.07) is 0. The third-order valence-electron chi connectivity index (χ3n) is 0. The van der Waals surface area contributed by atoms with Gasteiger partial charge in [0, 0.05) is 0 Å². The van der Waals surface area contributed by atoms with E-state index in [-0.39, 0.29) is 0 Å². The van der Waals surface area contributed by atoms with Crippen molar-refractivity contribution in [1.29, 1.82) is 0 Å². The molecular formula is Br2CoCu. The van der Waals surface area contributed by atoms with E-state index in [9.17, 15) is 0 Å². The molecule has 0 rings (SSSR count). The Bertz CT molecular complexity index is 6.00. The maximum atomic E-state index is 4.00. The predicted molar refractivity (Wildman–Crippen MR) is 17.9 cm³/mol. The third kappa shape index (κ3) is 9.01. The first-order valence-corrected chi connectivity index (χ1v) is 5.14. The second-order valence-corrected chi connectivity index (χ2v) is 0. The van der Waals surface area contributed by atoms with E-state index in [2.05, 4.69) is 56.4 Å². The SMILES string of the molecule is [Co][Br].[Cu][Br]. The summed E-state index contributed by atoms with van der Waals surface area (Å²) in [6.07, 6.45) is 0. The van der Waals surface area contributed by atoms with Gasteiger partial charge in [-0.3, -0.25) is 0 Å². The molecule has 0 heterocycles. The zero-order valence-corrected chi connectivity index (χ0v) is 6.55. The minimum absolute atomic E-state index is 2.50.